The first kappa shape index (κ1) is 18.5. The summed E-state index contributed by atoms with van der Waals surface area (Å²) in [6, 6.07) is 7.76. The Bertz CT molecular complexity index is 755. The maximum atomic E-state index is 12.2. The van der Waals surface area contributed by atoms with Gasteiger partial charge in [0.1, 0.15) is 12.3 Å². The number of hydrogen-bond donors (Lipinski definition) is 2. The lowest BCUT2D eigenvalue weighted by Crippen LogP contribution is -2.28. The van der Waals surface area contributed by atoms with Crippen LogP contribution < -0.4 is 20.3 Å². The Morgan fingerprint density at radius 2 is 2.00 bits per heavy atom. The van der Waals surface area contributed by atoms with Crippen molar-refractivity contribution in [2.24, 2.45) is 0 Å². The first-order valence-corrected chi connectivity index (χ1v) is 7.71. The van der Waals surface area contributed by atoms with Crippen LogP contribution in [0.25, 0.3) is 0 Å². The summed E-state index contributed by atoms with van der Waals surface area (Å²) in [4.78, 5) is 23.2. The number of hydrogen-bond acceptors (Lipinski definition) is 6. The van der Waals surface area contributed by atoms with Crippen LogP contribution in [0.15, 0.2) is 35.1 Å². The molecule has 1 atom stereocenters. The van der Waals surface area contributed by atoms with E-state index >= 15 is 0 Å². The largest absolute Gasteiger partial charge is 0.493 e. The van der Waals surface area contributed by atoms with Gasteiger partial charge < -0.3 is 19.5 Å². The zero-order valence-corrected chi connectivity index (χ0v) is 14.4. The molecule has 0 saturated heterocycles. The van der Waals surface area contributed by atoms with Crippen LogP contribution in [0.2, 0.25) is 0 Å². The molecular formula is C17H21N3O5. The van der Waals surface area contributed by atoms with Gasteiger partial charge >= 0.3 is 0 Å². The molecule has 2 N–H and O–H groups in total. The Labute approximate surface area is 145 Å². The molecule has 1 aromatic heterocycles. The lowest BCUT2D eigenvalue weighted by Gasteiger charge is -2.17. The van der Waals surface area contributed by atoms with Gasteiger partial charge in [-0.25, -0.2) is 5.10 Å². The molecule has 1 unspecified atom stereocenters. The van der Waals surface area contributed by atoms with Gasteiger partial charge in [-0.1, -0.05) is 6.07 Å². The minimum Gasteiger partial charge on any atom is -0.493 e. The van der Waals surface area contributed by atoms with Gasteiger partial charge in [0.25, 0.3) is 11.5 Å². The fraction of sp³-hybridized carbons (Fsp3) is 0.353. The third kappa shape index (κ3) is 5.05. The van der Waals surface area contributed by atoms with Gasteiger partial charge in [-0.15, -0.1) is 0 Å². The molecule has 0 radical (unpaired) electrons. The van der Waals surface area contributed by atoms with E-state index in [2.05, 4.69) is 15.5 Å². The van der Waals surface area contributed by atoms with Crippen LogP contribution in [-0.4, -0.2) is 43.5 Å². The van der Waals surface area contributed by atoms with Gasteiger partial charge in [-0.3, -0.25) is 9.59 Å². The summed E-state index contributed by atoms with van der Waals surface area (Å²) in [6.07, 6.45) is 0. The second kappa shape index (κ2) is 8.84. The van der Waals surface area contributed by atoms with E-state index in [-0.39, 0.29) is 23.2 Å². The lowest BCUT2D eigenvalue weighted by molar-refractivity contribution is 0.0933. The standard InChI is InChI=1S/C17H21N3O5/c1-11(18-17(22)13-5-7-16(21)20-19-13)12-4-6-14(15(10-12)24-3)25-9-8-23-2/h4-7,10-11H,8-9H2,1-3H3,(H,18,22)(H,20,21). The summed E-state index contributed by atoms with van der Waals surface area (Å²) in [5.41, 5.74) is 0.616. The van der Waals surface area contributed by atoms with Gasteiger partial charge in [0, 0.05) is 13.2 Å². The molecule has 1 heterocycles. The SMILES string of the molecule is COCCOc1ccc(C(C)NC(=O)c2ccc(=O)[nH]n2)cc1OC. The molecule has 0 aliphatic heterocycles. The lowest BCUT2D eigenvalue weighted by atomic mass is 10.1. The number of methoxy groups -OCH3 is 2. The van der Waals surface area contributed by atoms with E-state index in [1.807, 2.05) is 13.0 Å². The minimum atomic E-state index is -0.386. The fourth-order valence-corrected chi connectivity index (χ4v) is 2.13. The summed E-state index contributed by atoms with van der Waals surface area (Å²) in [5.74, 6) is 0.782. The number of carbonyl (C=O) groups excluding carboxylic acids is 1. The van der Waals surface area contributed by atoms with E-state index in [0.717, 1.165) is 5.56 Å². The Balaban J connectivity index is 2.07. The van der Waals surface area contributed by atoms with Crippen LogP contribution in [0, 0.1) is 0 Å². The second-order valence-corrected chi connectivity index (χ2v) is 5.25. The molecule has 2 rings (SSSR count). The van der Waals surface area contributed by atoms with Crippen molar-refractivity contribution in [3.63, 3.8) is 0 Å². The Morgan fingerprint density at radius 3 is 2.64 bits per heavy atom. The molecule has 8 heteroatoms. The van der Waals surface area contributed by atoms with Crippen molar-refractivity contribution in [3.05, 3.63) is 51.9 Å². The highest BCUT2D eigenvalue weighted by molar-refractivity contribution is 5.92. The van der Waals surface area contributed by atoms with Gasteiger partial charge in [0.2, 0.25) is 0 Å². The Hall–Kier alpha value is -2.87. The van der Waals surface area contributed by atoms with E-state index < -0.39 is 0 Å². The molecule has 25 heavy (non-hydrogen) atoms. The van der Waals surface area contributed by atoms with Gasteiger partial charge in [-0.05, 0) is 30.7 Å². The molecule has 8 nitrogen and oxygen atoms in total. The summed E-state index contributed by atoms with van der Waals surface area (Å²) >= 11 is 0. The normalized spacial score (nSPS) is 11.6. The molecule has 0 aliphatic rings. The van der Waals surface area contributed by atoms with Crippen LogP contribution in [0.4, 0.5) is 0 Å². The number of nitrogens with zero attached hydrogens (tertiary/aromatic N) is 1. The number of amides is 1. The van der Waals surface area contributed by atoms with E-state index in [1.165, 1.54) is 12.1 Å². The maximum absolute atomic E-state index is 12.2. The van der Waals surface area contributed by atoms with E-state index in [1.54, 1.807) is 26.4 Å². The molecule has 1 aromatic carbocycles. The average molecular weight is 347 g/mol. The highest BCUT2D eigenvalue weighted by Crippen LogP contribution is 2.30. The van der Waals surface area contributed by atoms with Crippen LogP contribution in [0.5, 0.6) is 11.5 Å². The van der Waals surface area contributed by atoms with Crippen LogP contribution >= 0.6 is 0 Å². The minimum absolute atomic E-state index is 0.137. The van der Waals surface area contributed by atoms with Crippen molar-refractivity contribution < 1.29 is 19.0 Å². The van der Waals surface area contributed by atoms with Crippen LogP contribution in [0.1, 0.15) is 29.0 Å². The molecule has 0 fully saturated rings. The highest BCUT2D eigenvalue weighted by Gasteiger charge is 2.15. The third-order valence-corrected chi connectivity index (χ3v) is 3.49. The third-order valence-electron chi connectivity index (χ3n) is 3.49. The predicted molar refractivity (Wildman–Crippen MR) is 91.1 cm³/mol. The molecule has 0 bridgehead atoms. The average Bonchev–Trinajstić information content (AvgIpc) is 2.62. The van der Waals surface area contributed by atoms with Crippen molar-refractivity contribution in [1.82, 2.24) is 15.5 Å². The van der Waals surface area contributed by atoms with Crippen LogP contribution in [0.3, 0.4) is 0 Å². The molecule has 1 amide bonds. The van der Waals surface area contributed by atoms with E-state index in [4.69, 9.17) is 14.2 Å². The Kier molecular flexibility index (Phi) is 6.53. The number of aromatic nitrogens is 2. The number of ether oxygens (including phenoxy) is 3. The fourth-order valence-electron chi connectivity index (χ4n) is 2.13. The highest BCUT2D eigenvalue weighted by atomic mass is 16.5. The maximum Gasteiger partial charge on any atom is 0.272 e. The first-order valence-electron chi connectivity index (χ1n) is 7.71. The predicted octanol–water partition coefficient (Wildman–Crippen LogP) is 1.29. The summed E-state index contributed by atoms with van der Waals surface area (Å²) < 4.78 is 15.9. The van der Waals surface area contributed by atoms with Crippen LogP contribution in [-0.2, 0) is 4.74 Å². The van der Waals surface area contributed by atoms with E-state index in [9.17, 15) is 9.59 Å². The number of rotatable bonds is 8. The van der Waals surface area contributed by atoms with Crippen molar-refractivity contribution in [2.45, 2.75) is 13.0 Å². The van der Waals surface area contributed by atoms with Gasteiger partial charge in [0.05, 0.1) is 19.8 Å². The van der Waals surface area contributed by atoms with Crippen molar-refractivity contribution in [2.75, 3.05) is 27.4 Å². The van der Waals surface area contributed by atoms with Crippen molar-refractivity contribution in [3.8, 4) is 11.5 Å². The molecule has 134 valence electrons. The second-order valence-electron chi connectivity index (χ2n) is 5.25. The number of carbonyl (C=O) groups is 1. The topological polar surface area (TPSA) is 103 Å². The summed E-state index contributed by atoms with van der Waals surface area (Å²) in [7, 11) is 3.15. The van der Waals surface area contributed by atoms with Gasteiger partial charge in [0.15, 0.2) is 11.5 Å². The summed E-state index contributed by atoms with van der Waals surface area (Å²) in [6.45, 7) is 2.73. The molecule has 2 aromatic rings. The Morgan fingerprint density at radius 1 is 1.20 bits per heavy atom. The number of aromatic amines is 1. The van der Waals surface area contributed by atoms with E-state index in [0.29, 0.717) is 24.7 Å². The number of nitrogens with one attached hydrogen (secondary N) is 2. The molecule has 0 spiro atoms. The smallest absolute Gasteiger partial charge is 0.272 e. The number of benzene rings is 1. The van der Waals surface area contributed by atoms with Gasteiger partial charge in [-0.2, -0.15) is 5.10 Å². The zero-order valence-electron chi connectivity index (χ0n) is 14.4. The zero-order chi connectivity index (χ0) is 18.2. The van der Waals surface area contributed by atoms with Crippen molar-refractivity contribution >= 4 is 5.91 Å². The van der Waals surface area contributed by atoms with Crippen molar-refractivity contribution in [1.29, 1.82) is 0 Å². The first-order chi connectivity index (χ1) is 12.0. The summed E-state index contributed by atoms with van der Waals surface area (Å²) in [5, 5.41) is 8.75. The molecule has 0 aliphatic carbocycles. The molecule has 0 saturated carbocycles. The number of H-pyrrole nitrogens is 1. The monoisotopic (exact) mass is 347 g/mol. The molecular weight excluding hydrogens is 326 g/mol. The quantitative estimate of drug-likeness (QED) is 0.698.